The highest BCUT2D eigenvalue weighted by atomic mass is 32.1. The van der Waals surface area contributed by atoms with Crippen LogP contribution in [-0.4, -0.2) is 19.6 Å². The molecule has 6 heteroatoms. The summed E-state index contributed by atoms with van der Waals surface area (Å²) in [5.74, 6) is 0. The van der Waals surface area contributed by atoms with Crippen LogP contribution >= 0.6 is 11.3 Å². The number of nitrogens with one attached hydrogen (secondary N) is 1. The largest absolute Gasteiger partial charge is 0.305 e. The molecule has 1 atom stereocenters. The lowest BCUT2D eigenvalue weighted by Gasteiger charge is -2.16. The van der Waals surface area contributed by atoms with Gasteiger partial charge in [0.05, 0.1) is 11.2 Å². The van der Waals surface area contributed by atoms with E-state index in [0.717, 1.165) is 23.6 Å². The Balaban J connectivity index is 1.83. The average Bonchev–Trinajstić information content (AvgIpc) is 3.05. The van der Waals surface area contributed by atoms with E-state index < -0.39 is 0 Å². The van der Waals surface area contributed by atoms with E-state index in [4.69, 9.17) is 0 Å². The molecule has 0 aliphatic heterocycles. The molecular weight excluding hydrogens is 270 g/mol. The molecule has 0 spiro atoms. The normalized spacial score (nSPS) is 12.9. The van der Waals surface area contributed by atoms with Crippen molar-refractivity contribution >= 4 is 17.0 Å². The maximum absolute atomic E-state index is 4.48. The molecule has 3 rings (SSSR count). The van der Waals surface area contributed by atoms with Crippen molar-refractivity contribution in [1.29, 1.82) is 0 Å². The topological polar surface area (TPSA) is 55.1 Å². The summed E-state index contributed by atoms with van der Waals surface area (Å²) in [5, 5.41) is 7.99. The number of hydrogen-bond donors (Lipinski definition) is 1. The van der Waals surface area contributed by atoms with Crippen molar-refractivity contribution in [2.45, 2.75) is 33.4 Å². The molecule has 0 aliphatic carbocycles. The molecule has 0 bridgehead atoms. The van der Waals surface area contributed by atoms with Gasteiger partial charge in [-0.2, -0.15) is 5.10 Å². The SMILES string of the molecule is Cc1cc2ncc(C(C)NCc3cncs3)c(C)n2n1. The van der Waals surface area contributed by atoms with Gasteiger partial charge in [-0.3, -0.25) is 4.98 Å². The quantitative estimate of drug-likeness (QED) is 0.801. The Bertz CT molecular complexity index is 717. The Morgan fingerprint density at radius 1 is 1.35 bits per heavy atom. The summed E-state index contributed by atoms with van der Waals surface area (Å²) < 4.78 is 1.91. The molecule has 1 unspecified atom stereocenters. The fourth-order valence-corrected chi connectivity index (χ4v) is 2.84. The summed E-state index contributed by atoms with van der Waals surface area (Å²) in [6.07, 6.45) is 3.84. The highest BCUT2D eigenvalue weighted by molar-refractivity contribution is 7.09. The predicted molar refractivity (Wildman–Crippen MR) is 79.8 cm³/mol. The van der Waals surface area contributed by atoms with Gasteiger partial charge < -0.3 is 5.32 Å². The van der Waals surface area contributed by atoms with E-state index in [0.29, 0.717) is 0 Å². The minimum Gasteiger partial charge on any atom is -0.305 e. The molecule has 5 nitrogen and oxygen atoms in total. The number of rotatable bonds is 4. The van der Waals surface area contributed by atoms with Crippen LogP contribution in [0.15, 0.2) is 24.0 Å². The molecular formula is C14H17N5S. The van der Waals surface area contributed by atoms with Gasteiger partial charge >= 0.3 is 0 Å². The van der Waals surface area contributed by atoms with Crippen LogP contribution in [0.3, 0.4) is 0 Å². The molecule has 3 heterocycles. The third-order valence-corrected chi connectivity index (χ3v) is 4.20. The van der Waals surface area contributed by atoms with Gasteiger partial charge in [-0.25, -0.2) is 9.50 Å². The van der Waals surface area contributed by atoms with Crippen molar-refractivity contribution in [3.8, 4) is 0 Å². The van der Waals surface area contributed by atoms with Crippen LogP contribution in [0.5, 0.6) is 0 Å². The van der Waals surface area contributed by atoms with Gasteiger partial charge in [0.1, 0.15) is 0 Å². The van der Waals surface area contributed by atoms with E-state index in [2.05, 4.69) is 34.2 Å². The molecule has 104 valence electrons. The molecule has 3 aromatic heterocycles. The van der Waals surface area contributed by atoms with Crippen LogP contribution in [0.4, 0.5) is 0 Å². The lowest BCUT2D eigenvalue weighted by Crippen LogP contribution is -2.19. The third-order valence-electron chi connectivity index (χ3n) is 3.42. The molecule has 0 amide bonds. The van der Waals surface area contributed by atoms with Gasteiger partial charge in [0.2, 0.25) is 0 Å². The van der Waals surface area contributed by atoms with Crippen LogP contribution in [0.2, 0.25) is 0 Å². The van der Waals surface area contributed by atoms with Crippen LogP contribution in [0, 0.1) is 13.8 Å². The number of thiazole rings is 1. The fourth-order valence-electron chi connectivity index (χ4n) is 2.29. The zero-order valence-electron chi connectivity index (χ0n) is 11.8. The summed E-state index contributed by atoms with van der Waals surface area (Å²) in [6, 6.07) is 2.21. The van der Waals surface area contributed by atoms with Crippen molar-refractivity contribution in [3.63, 3.8) is 0 Å². The maximum Gasteiger partial charge on any atom is 0.155 e. The summed E-state index contributed by atoms with van der Waals surface area (Å²) >= 11 is 1.66. The average molecular weight is 287 g/mol. The Morgan fingerprint density at radius 2 is 2.20 bits per heavy atom. The number of aromatic nitrogens is 4. The molecule has 0 fully saturated rings. The number of hydrogen-bond acceptors (Lipinski definition) is 5. The number of aryl methyl sites for hydroxylation is 2. The molecule has 1 N–H and O–H groups in total. The minimum atomic E-state index is 0.221. The van der Waals surface area contributed by atoms with Crippen molar-refractivity contribution in [2.75, 3.05) is 0 Å². The third kappa shape index (κ3) is 2.44. The van der Waals surface area contributed by atoms with Gasteiger partial charge in [-0.1, -0.05) is 0 Å². The van der Waals surface area contributed by atoms with Crippen molar-refractivity contribution in [2.24, 2.45) is 0 Å². The summed E-state index contributed by atoms with van der Waals surface area (Å²) in [5.41, 5.74) is 6.05. The monoisotopic (exact) mass is 287 g/mol. The van der Waals surface area contributed by atoms with Crippen molar-refractivity contribution in [1.82, 2.24) is 24.9 Å². The second kappa shape index (κ2) is 5.30. The van der Waals surface area contributed by atoms with Crippen molar-refractivity contribution in [3.05, 3.63) is 45.8 Å². The predicted octanol–water partition coefficient (Wildman–Crippen LogP) is 2.65. The summed E-state index contributed by atoms with van der Waals surface area (Å²) in [7, 11) is 0. The lowest BCUT2D eigenvalue weighted by molar-refractivity contribution is 0.568. The van der Waals surface area contributed by atoms with Gasteiger partial charge in [-0.15, -0.1) is 11.3 Å². The molecule has 20 heavy (non-hydrogen) atoms. The first kappa shape index (κ1) is 13.2. The first-order valence-corrected chi connectivity index (χ1v) is 7.46. The Labute approximate surface area is 121 Å². The van der Waals surface area contributed by atoms with Gasteiger partial charge in [-0.05, 0) is 20.8 Å². The number of nitrogens with zero attached hydrogens (tertiary/aromatic N) is 4. The lowest BCUT2D eigenvalue weighted by atomic mass is 10.1. The van der Waals surface area contributed by atoms with E-state index in [-0.39, 0.29) is 6.04 Å². The molecule has 0 aliphatic rings. The minimum absolute atomic E-state index is 0.221. The van der Waals surface area contributed by atoms with E-state index in [1.807, 2.05) is 35.4 Å². The highest BCUT2D eigenvalue weighted by Gasteiger charge is 2.13. The molecule has 0 radical (unpaired) electrons. The van der Waals surface area contributed by atoms with Crippen LogP contribution in [-0.2, 0) is 6.54 Å². The molecule has 0 aromatic carbocycles. The van der Waals surface area contributed by atoms with Gasteiger partial charge in [0, 0.05) is 47.2 Å². The fraction of sp³-hybridized carbons (Fsp3) is 0.357. The molecule has 0 saturated heterocycles. The Morgan fingerprint density at radius 3 is 2.95 bits per heavy atom. The van der Waals surface area contributed by atoms with E-state index in [1.54, 1.807) is 11.3 Å². The first-order chi connectivity index (χ1) is 9.65. The zero-order valence-corrected chi connectivity index (χ0v) is 12.6. The smallest absolute Gasteiger partial charge is 0.155 e. The van der Waals surface area contributed by atoms with Crippen LogP contribution in [0.25, 0.3) is 5.65 Å². The number of fused-ring (bicyclic) bond motifs is 1. The summed E-state index contributed by atoms with van der Waals surface area (Å²) in [4.78, 5) is 9.80. The van der Waals surface area contributed by atoms with Crippen LogP contribution < -0.4 is 5.32 Å². The van der Waals surface area contributed by atoms with Crippen LogP contribution in [0.1, 0.15) is 34.8 Å². The maximum atomic E-state index is 4.48. The molecule has 0 saturated carbocycles. The Hall–Kier alpha value is -1.79. The highest BCUT2D eigenvalue weighted by Crippen LogP contribution is 2.18. The van der Waals surface area contributed by atoms with E-state index in [1.165, 1.54) is 10.4 Å². The first-order valence-electron chi connectivity index (χ1n) is 6.58. The van der Waals surface area contributed by atoms with E-state index >= 15 is 0 Å². The Kier molecular flexibility index (Phi) is 3.50. The van der Waals surface area contributed by atoms with Crippen molar-refractivity contribution < 1.29 is 0 Å². The van der Waals surface area contributed by atoms with Gasteiger partial charge in [0.25, 0.3) is 0 Å². The second-order valence-electron chi connectivity index (χ2n) is 4.93. The standard InChI is InChI=1S/C14H17N5S/c1-9-4-14-17-7-13(11(3)19(14)18-9)10(2)16-6-12-5-15-8-20-12/h4-5,7-8,10,16H,6H2,1-3H3. The van der Waals surface area contributed by atoms with E-state index in [9.17, 15) is 0 Å². The second-order valence-corrected chi connectivity index (χ2v) is 5.90. The van der Waals surface area contributed by atoms with Gasteiger partial charge in [0.15, 0.2) is 5.65 Å². The summed E-state index contributed by atoms with van der Waals surface area (Å²) in [6.45, 7) is 7.04. The zero-order chi connectivity index (χ0) is 14.1. The molecule has 3 aromatic rings.